The van der Waals surface area contributed by atoms with Crippen LogP contribution in [0.15, 0.2) is 36.4 Å². The van der Waals surface area contributed by atoms with E-state index in [4.69, 9.17) is 33.7 Å². The highest BCUT2D eigenvalue weighted by Crippen LogP contribution is 2.35. The molecule has 0 bridgehead atoms. The molecule has 0 amide bonds. The zero-order valence-corrected chi connectivity index (χ0v) is 11.7. The SMILES string of the molecule is NCc1ccc(Cl)cc1Oc1cc([N+](=O)[O-])ccc1Cl. The van der Waals surface area contributed by atoms with Crippen LogP contribution in [0.3, 0.4) is 0 Å². The van der Waals surface area contributed by atoms with Gasteiger partial charge >= 0.3 is 0 Å². The standard InChI is InChI=1S/C13H10Cl2N2O3/c14-9-2-1-8(7-16)12(5-9)20-13-6-10(17(18)19)3-4-11(13)15/h1-6H,7,16H2. The van der Waals surface area contributed by atoms with Crippen LogP contribution in [-0.4, -0.2) is 4.92 Å². The zero-order valence-electron chi connectivity index (χ0n) is 10.2. The summed E-state index contributed by atoms with van der Waals surface area (Å²) in [5, 5.41) is 11.5. The highest BCUT2D eigenvalue weighted by Gasteiger charge is 2.13. The van der Waals surface area contributed by atoms with Crippen molar-refractivity contribution in [1.82, 2.24) is 0 Å². The van der Waals surface area contributed by atoms with Gasteiger partial charge in [0.15, 0.2) is 5.75 Å². The quantitative estimate of drug-likeness (QED) is 0.679. The fraction of sp³-hybridized carbons (Fsp3) is 0.0769. The number of ether oxygens (including phenoxy) is 1. The van der Waals surface area contributed by atoms with Crippen LogP contribution in [0.4, 0.5) is 5.69 Å². The van der Waals surface area contributed by atoms with Crippen molar-refractivity contribution < 1.29 is 9.66 Å². The van der Waals surface area contributed by atoms with Gasteiger partial charge in [0.2, 0.25) is 0 Å². The summed E-state index contributed by atoms with van der Waals surface area (Å²) in [7, 11) is 0. The molecule has 0 spiro atoms. The van der Waals surface area contributed by atoms with E-state index in [0.29, 0.717) is 10.8 Å². The molecule has 0 aliphatic carbocycles. The third-order valence-electron chi connectivity index (χ3n) is 2.59. The number of nitrogens with zero attached hydrogens (tertiary/aromatic N) is 1. The number of nitro groups is 1. The maximum Gasteiger partial charge on any atom is 0.273 e. The molecule has 0 aliphatic heterocycles. The van der Waals surface area contributed by atoms with Gasteiger partial charge in [-0.3, -0.25) is 10.1 Å². The molecule has 7 heteroatoms. The highest BCUT2D eigenvalue weighted by atomic mass is 35.5. The minimum atomic E-state index is -0.523. The first-order valence-corrected chi connectivity index (χ1v) is 6.37. The van der Waals surface area contributed by atoms with Crippen molar-refractivity contribution in [1.29, 1.82) is 0 Å². The van der Waals surface area contributed by atoms with Crippen LogP contribution in [0.25, 0.3) is 0 Å². The molecule has 0 aromatic heterocycles. The van der Waals surface area contributed by atoms with E-state index in [0.717, 1.165) is 5.56 Å². The summed E-state index contributed by atoms with van der Waals surface area (Å²) in [4.78, 5) is 10.2. The molecule has 2 aromatic carbocycles. The number of nitrogens with two attached hydrogens (primary N) is 1. The highest BCUT2D eigenvalue weighted by molar-refractivity contribution is 6.32. The first-order valence-electron chi connectivity index (χ1n) is 5.61. The third-order valence-corrected chi connectivity index (χ3v) is 3.14. The smallest absolute Gasteiger partial charge is 0.273 e. The normalized spacial score (nSPS) is 10.3. The molecular formula is C13H10Cl2N2O3. The molecule has 104 valence electrons. The second-order valence-electron chi connectivity index (χ2n) is 3.93. The van der Waals surface area contributed by atoms with Crippen LogP contribution in [0.2, 0.25) is 10.0 Å². The maximum atomic E-state index is 10.8. The Morgan fingerprint density at radius 1 is 1.15 bits per heavy atom. The van der Waals surface area contributed by atoms with Crippen LogP contribution in [0.5, 0.6) is 11.5 Å². The molecule has 0 aliphatic rings. The average Bonchev–Trinajstić information content (AvgIpc) is 2.41. The lowest BCUT2D eigenvalue weighted by Gasteiger charge is -2.11. The lowest BCUT2D eigenvalue weighted by atomic mass is 10.2. The fourth-order valence-corrected chi connectivity index (χ4v) is 1.91. The molecule has 20 heavy (non-hydrogen) atoms. The summed E-state index contributed by atoms with van der Waals surface area (Å²) in [6.07, 6.45) is 0. The molecule has 2 rings (SSSR count). The largest absolute Gasteiger partial charge is 0.455 e. The van der Waals surface area contributed by atoms with Gasteiger partial charge < -0.3 is 10.5 Å². The minimum absolute atomic E-state index is 0.110. The maximum absolute atomic E-state index is 10.8. The van der Waals surface area contributed by atoms with Gasteiger partial charge in [0.25, 0.3) is 5.69 Å². The summed E-state index contributed by atoms with van der Waals surface area (Å²) >= 11 is 11.9. The van der Waals surface area contributed by atoms with Gasteiger partial charge in [0.05, 0.1) is 16.0 Å². The Labute approximate surface area is 125 Å². The van der Waals surface area contributed by atoms with E-state index < -0.39 is 4.92 Å². The summed E-state index contributed by atoms with van der Waals surface area (Å²) in [5.74, 6) is 0.597. The molecule has 0 atom stereocenters. The second-order valence-corrected chi connectivity index (χ2v) is 4.77. The summed E-state index contributed by atoms with van der Waals surface area (Å²) in [6.45, 7) is 0.249. The molecule has 0 saturated heterocycles. The van der Waals surface area contributed by atoms with E-state index in [1.807, 2.05) is 0 Å². The first kappa shape index (κ1) is 14.6. The van der Waals surface area contributed by atoms with Crippen molar-refractivity contribution in [3.8, 4) is 11.5 Å². The Morgan fingerprint density at radius 3 is 2.55 bits per heavy atom. The Bertz CT molecular complexity index is 662. The van der Waals surface area contributed by atoms with E-state index in [1.54, 1.807) is 18.2 Å². The van der Waals surface area contributed by atoms with Crippen LogP contribution < -0.4 is 10.5 Å². The lowest BCUT2D eigenvalue weighted by molar-refractivity contribution is -0.384. The van der Waals surface area contributed by atoms with Crippen molar-refractivity contribution in [2.45, 2.75) is 6.54 Å². The summed E-state index contributed by atoms with van der Waals surface area (Å²) in [6, 6.07) is 8.95. The van der Waals surface area contributed by atoms with Gasteiger partial charge in [0, 0.05) is 23.2 Å². The summed E-state index contributed by atoms with van der Waals surface area (Å²) < 4.78 is 5.60. The Balaban J connectivity index is 2.41. The number of halogens is 2. The van der Waals surface area contributed by atoms with Crippen molar-refractivity contribution in [3.05, 3.63) is 62.1 Å². The van der Waals surface area contributed by atoms with E-state index in [2.05, 4.69) is 0 Å². The van der Waals surface area contributed by atoms with Crippen LogP contribution in [0, 0.1) is 10.1 Å². The van der Waals surface area contributed by atoms with E-state index in [-0.39, 0.29) is 23.0 Å². The molecule has 2 aromatic rings. The fourth-order valence-electron chi connectivity index (χ4n) is 1.59. The molecular weight excluding hydrogens is 303 g/mol. The van der Waals surface area contributed by atoms with Crippen molar-refractivity contribution in [2.75, 3.05) is 0 Å². The predicted molar refractivity (Wildman–Crippen MR) is 77.5 cm³/mol. The van der Waals surface area contributed by atoms with Crippen molar-refractivity contribution in [2.24, 2.45) is 5.73 Å². The predicted octanol–water partition coefficient (Wildman–Crippen LogP) is 4.15. The van der Waals surface area contributed by atoms with Crippen molar-refractivity contribution in [3.63, 3.8) is 0 Å². The molecule has 0 radical (unpaired) electrons. The number of nitro benzene ring substituents is 1. The van der Waals surface area contributed by atoms with Crippen LogP contribution in [-0.2, 0) is 6.54 Å². The van der Waals surface area contributed by atoms with Gasteiger partial charge in [-0.05, 0) is 18.2 Å². The van der Waals surface area contributed by atoms with Gasteiger partial charge in [-0.15, -0.1) is 0 Å². The number of hydrogen-bond acceptors (Lipinski definition) is 4. The van der Waals surface area contributed by atoms with Crippen LogP contribution >= 0.6 is 23.2 Å². The number of non-ortho nitro benzene ring substituents is 1. The van der Waals surface area contributed by atoms with Crippen molar-refractivity contribution >= 4 is 28.9 Å². The molecule has 0 saturated carbocycles. The number of rotatable bonds is 4. The van der Waals surface area contributed by atoms with Gasteiger partial charge in [-0.1, -0.05) is 29.3 Å². The molecule has 5 nitrogen and oxygen atoms in total. The number of benzene rings is 2. The molecule has 0 fully saturated rings. The molecule has 0 heterocycles. The third kappa shape index (κ3) is 3.19. The zero-order chi connectivity index (χ0) is 14.7. The Morgan fingerprint density at radius 2 is 1.90 bits per heavy atom. The molecule has 2 N–H and O–H groups in total. The second kappa shape index (κ2) is 6.09. The first-order chi connectivity index (χ1) is 9.51. The minimum Gasteiger partial charge on any atom is -0.455 e. The Hall–Kier alpha value is -1.82. The average molecular weight is 313 g/mol. The summed E-state index contributed by atoms with van der Waals surface area (Å²) in [5.41, 5.74) is 6.22. The van der Waals surface area contributed by atoms with Gasteiger partial charge in [-0.25, -0.2) is 0 Å². The molecule has 0 unspecified atom stereocenters. The topological polar surface area (TPSA) is 78.4 Å². The van der Waals surface area contributed by atoms with E-state index in [9.17, 15) is 10.1 Å². The van der Waals surface area contributed by atoms with Crippen LogP contribution in [0.1, 0.15) is 5.56 Å². The van der Waals surface area contributed by atoms with E-state index >= 15 is 0 Å². The monoisotopic (exact) mass is 312 g/mol. The lowest BCUT2D eigenvalue weighted by Crippen LogP contribution is -1.99. The number of hydrogen-bond donors (Lipinski definition) is 1. The van der Waals surface area contributed by atoms with Gasteiger partial charge in [0.1, 0.15) is 5.75 Å². The Kier molecular flexibility index (Phi) is 4.44. The van der Waals surface area contributed by atoms with Gasteiger partial charge in [-0.2, -0.15) is 0 Å². The van der Waals surface area contributed by atoms with E-state index in [1.165, 1.54) is 18.2 Å².